The third kappa shape index (κ3) is 4.74. The molecule has 1 atom stereocenters. The van der Waals surface area contributed by atoms with Crippen LogP contribution in [0.5, 0.6) is 11.5 Å². The van der Waals surface area contributed by atoms with Gasteiger partial charge in [0.15, 0.2) is 15.6 Å². The Labute approximate surface area is 151 Å². The Kier molecular flexibility index (Phi) is 5.30. The van der Waals surface area contributed by atoms with E-state index in [9.17, 15) is 13.2 Å². The van der Waals surface area contributed by atoms with E-state index < -0.39 is 9.84 Å². The fraction of sp³-hybridized carbons (Fsp3) is 0.278. The first-order chi connectivity index (χ1) is 11.9. The van der Waals surface area contributed by atoms with Crippen molar-refractivity contribution in [3.63, 3.8) is 0 Å². The first-order valence-corrected chi connectivity index (χ1v) is 10.1. The Morgan fingerprint density at radius 3 is 2.48 bits per heavy atom. The summed E-state index contributed by atoms with van der Waals surface area (Å²) in [6, 6.07) is 14.1. The first kappa shape index (κ1) is 17.8. The fourth-order valence-electron chi connectivity index (χ4n) is 2.80. The Morgan fingerprint density at radius 2 is 1.80 bits per heavy atom. The summed E-state index contributed by atoms with van der Waals surface area (Å²) in [6.07, 6.45) is 0.715. The number of rotatable bonds is 5. The lowest BCUT2D eigenvalue weighted by atomic mass is 10.0. The van der Waals surface area contributed by atoms with E-state index in [-0.39, 0.29) is 29.8 Å². The summed E-state index contributed by atoms with van der Waals surface area (Å²) in [6.45, 7) is 0. The van der Waals surface area contributed by atoms with Crippen LogP contribution in [0, 0.1) is 5.92 Å². The maximum Gasteiger partial charge on any atom is 0.224 e. The Balaban J connectivity index is 1.69. The predicted molar refractivity (Wildman–Crippen MR) is 98.0 cm³/mol. The van der Waals surface area contributed by atoms with Gasteiger partial charge in [0.05, 0.1) is 22.2 Å². The molecule has 25 heavy (non-hydrogen) atoms. The molecule has 132 valence electrons. The van der Waals surface area contributed by atoms with E-state index in [2.05, 4.69) is 5.32 Å². The number of benzene rings is 2. The lowest BCUT2D eigenvalue weighted by molar-refractivity contribution is -0.116. The van der Waals surface area contributed by atoms with Gasteiger partial charge in [-0.1, -0.05) is 35.9 Å². The van der Waals surface area contributed by atoms with Crippen molar-refractivity contribution in [3.05, 3.63) is 53.6 Å². The van der Waals surface area contributed by atoms with Gasteiger partial charge in [-0.05, 0) is 36.6 Å². The van der Waals surface area contributed by atoms with Gasteiger partial charge in [0.1, 0.15) is 5.75 Å². The van der Waals surface area contributed by atoms with Crippen molar-refractivity contribution in [3.8, 4) is 11.5 Å². The largest absolute Gasteiger partial charge is 0.454 e. The molecule has 0 aliphatic carbocycles. The average molecular weight is 380 g/mol. The average Bonchev–Trinajstić information content (AvgIpc) is 2.90. The van der Waals surface area contributed by atoms with Crippen molar-refractivity contribution < 1.29 is 17.9 Å². The minimum absolute atomic E-state index is 0.0815. The van der Waals surface area contributed by atoms with E-state index in [4.69, 9.17) is 16.3 Å². The molecule has 0 aromatic heterocycles. The van der Waals surface area contributed by atoms with Gasteiger partial charge in [0.25, 0.3) is 0 Å². The van der Waals surface area contributed by atoms with Gasteiger partial charge in [-0.3, -0.25) is 4.79 Å². The summed E-state index contributed by atoms with van der Waals surface area (Å²) in [4.78, 5) is 12.3. The molecule has 3 rings (SSSR count). The second-order valence-corrected chi connectivity index (χ2v) is 8.69. The van der Waals surface area contributed by atoms with Gasteiger partial charge < -0.3 is 10.1 Å². The molecule has 5 nitrogen and oxygen atoms in total. The lowest BCUT2D eigenvalue weighted by Crippen LogP contribution is -2.17. The van der Waals surface area contributed by atoms with Crippen LogP contribution in [0.1, 0.15) is 12.8 Å². The fourth-order valence-corrected chi connectivity index (χ4v) is 4.84. The van der Waals surface area contributed by atoms with E-state index in [0.717, 1.165) is 0 Å². The van der Waals surface area contributed by atoms with Crippen molar-refractivity contribution in [2.45, 2.75) is 12.8 Å². The molecule has 0 radical (unpaired) electrons. The van der Waals surface area contributed by atoms with Crippen molar-refractivity contribution in [2.75, 3.05) is 16.8 Å². The SMILES string of the molecule is O=C(CC1CCS(=O)(=O)C1)Nc1ccccc1Oc1ccccc1Cl. The number of carbonyl (C=O) groups excluding carboxylic acids is 1. The van der Waals surface area contributed by atoms with Crippen LogP contribution in [0.25, 0.3) is 0 Å². The lowest BCUT2D eigenvalue weighted by Gasteiger charge is -2.14. The highest BCUT2D eigenvalue weighted by atomic mass is 35.5. The number of ether oxygens (including phenoxy) is 1. The van der Waals surface area contributed by atoms with Gasteiger partial charge in [-0.2, -0.15) is 0 Å². The highest BCUT2D eigenvalue weighted by molar-refractivity contribution is 7.91. The monoisotopic (exact) mass is 379 g/mol. The van der Waals surface area contributed by atoms with Crippen LogP contribution in [0.2, 0.25) is 5.02 Å². The topological polar surface area (TPSA) is 72.5 Å². The number of hydrogen-bond acceptors (Lipinski definition) is 4. The second-order valence-electron chi connectivity index (χ2n) is 6.05. The summed E-state index contributed by atoms with van der Waals surface area (Å²) < 4.78 is 28.8. The molecule has 2 aromatic carbocycles. The zero-order valence-electron chi connectivity index (χ0n) is 13.4. The van der Waals surface area contributed by atoms with Crippen LogP contribution in [0.3, 0.4) is 0 Å². The van der Waals surface area contributed by atoms with Crippen LogP contribution in [0.4, 0.5) is 5.69 Å². The molecule has 1 N–H and O–H groups in total. The third-order valence-electron chi connectivity index (χ3n) is 4.02. The maximum absolute atomic E-state index is 12.3. The van der Waals surface area contributed by atoms with Crippen LogP contribution >= 0.6 is 11.6 Å². The molecule has 2 aromatic rings. The van der Waals surface area contributed by atoms with Gasteiger partial charge in [-0.15, -0.1) is 0 Å². The van der Waals surface area contributed by atoms with Gasteiger partial charge in [0.2, 0.25) is 5.91 Å². The van der Waals surface area contributed by atoms with E-state index in [1.165, 1.54) is 0 Å². The molecule has 1 amide bonds. The minimum atomic E-state index is -2.99. The number of anilines is 1. The molecule has 7 heteroatoms. The number of carbonyl (C=O) groups is 1. The van der Waals surface area contributed by atoms with Crippen LogP contribution in [0.15, 0.2) is 48.5 Å². The predicted octanol–water partition coefficient (Wildman–Crippen LogP) is 3.90. The quantitative estimate of drug-likeness (QED) is 0.855. The molecule has 1 fully saturated rings. The van der Waals surface area contributed by atoms with Crippen LogP contribution < -0.4 is 10.1 Å². The zero-order valence-corrected chi connectivity index (χ0v) is 15.0. The summed E-state index contributed by atoms with van der Waals surface area (Å²) >= 11 is 6.10. The molecular weight excluding hydrogens is 362 g/mol. The van der Waals surface area contributed by atoms with E-state index in [1.54, 1.807) is 42.5 Å². The Hall–Kier alpha value is -2.05. The van der Waals surface area contributed by atoms with E-state index in [1.807, 2.05) is 6.07 Å². The zero-order chi connectivity index (χ0) is 17.9. The number of para-hydroxylation sites is 3. The molecule has 1 aliphatic rings. The normalized spacial score (nSPS) is 18.7. The molecular formula is C18H18ClNO4S. The minimum Gasteiger partial charge on any atom is -0.454 e. The summed E-state index contributed by atoms with van der Waals surface area (Å²) in [5.74, 6) is 0.865. The molecule has 1 heterocycles. The van der Waals surface area contributed by atoms with Crippen molar-refractivity contribution in [1.29, 1.82) is 0 Å². The summed E-state index contributed by atoms with van der Waals surface area (Å²) in [7, 11) is -2.99. The Bertz CT molecular complexity index is 882. The Morgan fingerprint density at radius 1 is 1.12 bits per heavy atom. The number of hydrogen-bond donors (Lipinski definition) is 1. The third-order valence-corrected chi connectivity index (χ3v) is 6.17. The number of amides is 1. The maximum atomic E-state index is 12.3. The molecule has 0 spiro atoms. The van der Waals surface area contributed by atoms with Gasteiger partial charge in [0, 0.05) is 6.42 Å². The van der Waals surface area contributed by atoms with Crippen molar-refractivity contribution >= 4 is 33.0 Å². The highest BCUT2D eigenvalue weighted by Gasteiger charge is 2.29. The molecule has 0 bridgehead atoms. The second kappa shape index (κ2) is 7.45. The summed E-state index contributed by atoms with van der Waals surface area (Å²) in [5, 5.41) is 3.27. The van der Waals surface area contributed by atoms with Crippen molar-refractivity contribution in [1.82, 2.24) is 0 Å². The first-order valence-electron chi connectivity index (χ1n) is 7.95. The van der Waals surface area contributed by atoms with Gasteiger partial charge >= 0.3 is 0 Å². The number of halogens is 1. The molecule has 1 aliphatic heterocycles. The molecule has 0 saturated carbocycles. The van der Waals surface area contributed by atoms with Crippen LogP contribution in [-0.2, 0) is 14.6 Å². The highest BCUT2D eigenvalue weighted by Crippen LogP contribution is 2.33. The van der Waals surface area contributed by atoms with Gasteiger partial charge in [-0.25, -0.2) is 8.42 Å². The van der Waals surface area contributed by atoms with Crippen LogP contribution in [-0.4, -0.2) is 25.8 Å². The standard InChI is InChI=1S/C18H18ClNO4S/c19-14-5-1-3-7-16(14)24-17-8-4-2-6-15(17)20-18(21)11-13-9-10-25(22,23)12-13/h1-8,13H,9-12H2,(H,20,21). The summed E-state index contributed by atoms with van der Waals surface area (Å²) in [5.41, 5.74) is 0.522. The van der Waals surface area contributed by atoms with E-state index in [0.29, 0.717) is 28.6 Å². The van der Waals surface area contributed by atoms with E-state index >= 15 is 0 Å². The molecule has 1 saturated heterocycles. The molecule has 1 unspecified atom stereocenters. The smallest absolute Gasteiger partial charge is 0.224 e. The number of nitrogens with one attached hydrogen (secondary N) is 1. The number of sulfone groups is 1. The van der Waals surface area contributed by atoms with Crippen molar-refractivity contribution in [2.24, 2.45) is 5.92 Å².